The number of Topliss-reactive ketones (excluding diaryl/α,β-unsaturated/α-hetero) is 1. The smallest absolute Gasteiger partial charge is 0.295 e. The highest BCUT2D eigenvalue weighted by Gasteiger charge is 2.45. The number of nitrogens with zero attached hydrogens (tertiary/aromatic N) is 1. The first-order valence-corrected chi connectivity index (χ1v) is 12.3. The van der Waals surface area contributed by atoms with Gasteiger partial charge in [0, 0.05) is 12.1 Å². The first kappa shape index (κ1) is 23.7. The van der Waals surface area contributed by atoms with E-state index in [1.54, 1.807) is 23.1 Å². The number of rotatable bonds is 6. The molecule has 2 aliphatic rings. The minimum Gasteiger partial charge on any atom is -0.507 e. The molecule has 1 N–H and O–H groups in total. The summed E-state index contributed by atoms with van der Waals surface area (Å²) in [5.41, 5.74) is 3.50. The maximum absolute atomic E-state index is 13.3. The van der Waals surface area contributed by atoms with Gasteiger partial charge in [-0.05, 0) is 47.2 Å². The van der Waals surface area contributed by atoms with E-state index in [-0.39, 0.29) is 11.3 Å². The Morgan fingerprint density at radius 3 is 2.33 bits per heavy atom. The molecule has 3 aromatic carbocycles. The van der Waals surface area contributed by atoms with Gasteiger partial charge in [-0.2, -0.15) is 0 Å². The molecule has 1 fully saturated rings. The van der Waals surface area contributed by atoms with Gasteiger partial charge in [0.05, 0.1) is 11.6 Å². The number of ether oxygens (including phenoxy) is 2. The fraction of sp³-hybridized carbons (Fsp3) is 0.267. The number of hydrogen-bond acceptors (Lipinski definition) is 5. The van der Waals surface area contributed by atoms with Gasteiger partial charge < -0.3 is 19.5 Å². The normalized spacial score (nSPS) is 18.6. The van der Waals surface area contributed by atoms with Crippen molar-refractivity contribution in [2.24, 2.45) is 0 Å². The molecule has 1 atom stereocenters. The molecule has 36 heavy (non-hydrogen) atoms. The molecule has 1 saturated heterocycles. The van der Waals surface area contributed by atoms with Crippen LogP contribution >= 0.6 is 0 Å². The quantitative estimate of drug-likeness (QED) is 0.295. The lowest BCUT2D eigenvalue weighted by Gasteiger charge is -2.26. The zero-order valence-electron chi connectivity index (χ0n) is 20.4. The summed E-state index contributed by atoms with van der Waals surface area (Å²) >= 11 is 0. The summed E-state index contributed by atoms with van der Waals surface area (Å²) < 4.78 is 11.2. The van der Waals surface area contributed by atoms with E-state index in [1.165, 1.54) is 0 Å². The van der Waals surface area contributed by atoms with Crippen LogP contribution in [-0.2, 0) is 16.0 Å². The summed E-state index contributed by atoms with van der Waals surface area (Å²) in [6, 6.07) is 22.1. The average Bonchev–Trinajstić information content (AvgIpc) is 3.16. The maximum atomic E-state index is 13.3. The van der Waals surface area contributed by atoms with Crippen LogP contribution in [0.15, 0.2) is 78.4 Å². The standard InChI is InChI=1S/C30H29NO5/c1-19(2)21-8-10-22(11-9-21)27-26(28(32)23-12-13-24-25(18-23)36-17-16-35-24)29(33)30(34)31(27)15-14-20-6-4-3-5-7-20/h3-13,18-19,27,32H,14-17H2,1-2H3. The number of ketones is 1. The summed E-state index contributed by atoms with van der Waals surface area (Å²) in [6.45, 7) is 5.44. The Bertz CT molecular complexity index is 1310. The van der Waals surface area contributed by atoms with E-state index in [0.717, 1.165) is 16.7 Å². The lowest BCUT2D eigenvalue weighted by atomic mass is 9.93. The summed E-state index contributed by atoms with van der Waals surface area (Å²) in [5, 5.41) is 11.4. The van der Waals surface area contributed by atoms with Gasteiger partial charge in [-0.15, -0.1) is 0 Å². The Labute approximate surface area is 210 Å². The van der Waals surface area contributed by atoms with E-state index >= 15 is 0 Å². The molecule has 5 rings (SSSR count). The molecule has 6 nitrogen and oxygen atoms in total. The molecular formula is C30H29NO5. The molecular weight excluding hydrogens is 454 g/mol. The number of fused-ring (bicyclic) bond motifs is 1. The minimum absolute atomic E-state index is 0.0852. The molecule has 6 heteroatoms. The third-order valence-corrected chi connectivity index (χ3v) is 6.76. The molecule has 0 spiro atoms. The summed E-state index contributed by atoms with van der Waals surface area (Å²) in [7, 11) is 0. The molecule has 3 aromatic rings. The first-order chi connectivity index (χ1) is 17.4. The fourth-order valence-electron chi connectivity index (χ4n) is 4.76. The van der Waals surface area contributed by atoms with E-state index in [2.05, 4.69) is 13.8 Å². The van der Waals surface area contributed by atoms with Crippen LogP contribution in [0.4, 0.5) is 0 Å². The van der Waals surface area contributed by atoms with Crippen LogP contribution < -0.4 is 9.47 Å². The summed E-state index contributed by atoms with van der Waals surface area (Å²) in [6.07, 6.45) is 0.596. The molecule has 0 bridgehead atoms. The van der Waals surface area contributed by atoms with Crippen molar-refractivity contribution in [3.05, 3.63) is 101 Å². The van der Waals surface area contributed by atoms with Crippen LogP contribution in [0.3, 0.4) is 0 Å². The fourth-order valence-corrected chi connectivity index (χ4v) is 4.76. The van der Waals surface area contributed by atoms with Crippen LogP contribution in [0.25, 0.3) is 5.76 Å². The molecule has 2 heterocycles. The number of carbonyl (C=O) groups is 2. The van der Waals surface area contributed by atoms with Crippen LogP contribution in [0, 0.1) is 0 Å². The highest BCUT2D eigenvalue weighted by molar-refractivity contribution is 6.46. The van der Waals surface area contributed by atoms with Gasteiger partial charge in [0.25, 0.3) is 11.7 Å². The Balaban J connectivity index is 1.57. The lowest BCUT2D eigenvalue weighted by molar-refractivity contribution is -0.139. The number of benzene rings is 3. The van der Waals surface area contributed by atoms with Gasteiger partial charge in [0.15, 0.2) is 11.5 Å². The molecule has 184 valence electrons. The van der Waals surface area contributed by atoms with Gasteiger partial charge in [0.1, 0.15) is 19.0 Å². The second-order valence-electron chi connectivity index (χ2n) is 9.41. The second kappa shape index (κ2) is 9.90. The molecule has 1 unspecified atom stereocenters. The van der Waals surface area contributed by atoms with E-state index in [9.17, 15) is 14.7 Å². The third kappa shape index (κ3) is 4.47. The Hall–Kier alpha value is -4.06. The van der Waals surface area contributed by atoms with E-state index in [0.29, 0.717) is 49.2 Å². The van der Waals surface area contributed by atoms with Crippen LogP contribution in [0.5, 0.6) is 11.5 Å². The van der Waals surface area contributed by atoms with E-state index < -0.39 is 17.7 Å². The van der Waals surface area contributed by atoms with Gasteiger partial charge >= 0.3 is 0 Å². The van der Waals surface area contributed by atoms with Crippen molar-refractivity contribution in [2.45, 2.75) is 32.2 Å². The zero-order valence-corrected chi connectivity index (χ0v) is 20.4. The van der Waals surface area contributed by atoms with E-state index in [1.807, 2.05) is 54.6 Å². The van der Waals surface area contributed by atoms with Crippen molar-refractivity contribution in [2.75, 3.05) is 19.8 Å². The van der Waals surface area contributed by atoms with Crippen LogP contribution in [0.2, 0.25) is 0 Å². The summed E-state index contributed by atoms with van der Waals surface area (Å²) in [4.78, 5) is 28.1. The predicted molar refractivity (Wildman–Crippen MR) is 137 cm³/mol. The first-order valence-electron chi connectivity index (χ1n) is 12.3. The largest absolute Gasteiger partial charge is 0.507 e. The molecule has 2 aliphatic heterocycles. The maximum Gasteiger partial charge on any atom is 0.295 e. The highest BCUT2D eigenvalue weighted by Crippen LogP contribution is 2.41. The van der Waals surface area contributed by atoms with Crippen LogP contribution in [0.1, 0.15) is 48.1 Å². The van der Waals surface area contributed by atoms with E-state index in [4.69, 9.17) is 9.47 Å². The number of likely N-dealkylation sites (tertiary alicyclic amines) is 1. The Kier molecular flexibility index (Phi) is 6.51. The Morgan fingerprint density at radius 1 is 0.944 bits per heavy atom. The molecule has 0 aliphatic carbocycles. The number of aliphatic hydroxyl groups excluding tert-OH is 1. The number of hydrogen-bond donors (Lipinski definition) is 1. The molecule has 1 amide bonds. The zero-order chi connectivity index (χ0) is 25.2. The van der Waals surface area contributed by atoms with Crippen LogP contribution in [-0.4, -0.2) is 41.5 Å². The van der Waals surface area contributed by atoms with Gasteiger partial charge in [0.2, 0.25) is 0 Å². The lowest BCUT2D eigenvalue weighted by Crippen LogP contribution is -2.31. The van der Waals surface area contributed by atoms with Crippen molar-refractivity contribution < 1.29 is 24.2 Å². The number of amides is 1. The number of aliphatic hydroxyl groups is 1. The third-order valence-electron chi connectivity index (χ3n) is 6.76. The molecule has 0 radical (unpaired) electrons. The van der Waals surface area contributed by atoms with Crippen molar-refractivity contribution in [3.63, 3.8) is 0 Å². The number of carbonyl (C=O) groups excluding carboxylic acids is 2. The van der Waals surface area contributed by atoms with Crippen molar-refractivity contribution >= 4 is 17.4 Å². The summed E-state index contributed by atoms with van der Waals surface area (Å²) in [5.74, 6) is -0.0774. The topological polar surface area (TPSA) is 76.1 Å². The SMILES string of the molecule is CC(C)c1ccc(C2C(=C(O)c3ccc4c(c3)OCCO4)C(=O)C(=O)N2CCc2ccccc2)cc1. The monoisotopic (exact) mass is 483 g/mol. The predicted octanol–water partition coefficient (Wildman–Crippen LogP) is 5.25. The van der Waals surface area contributed by atoms with Gasteiger partial charge in [-0.3, -0.25) is 9.59 Å². The Morgan fingerprint density at radius 2 is 1.64 bits per heavy atom. The highest BCUT2D eigenvalue weighted by atomic mass is 16.6. The van der Waals surface area contributed by atoms with Crippen molar-refractivity contribution in [1.82, 2.24) is 4.90 Å². The molecule has 0 aromatic heterocycles. The van der Waals surface area contributed by atoms with Crippen molar-refractivity contribution in [3.8, 4) is 11.5 Å². The van der Waals surface area contributed by atoms with Gasteiger partial charge in [-0.25, -0.2) is 0 Å². The van der Waals surface area contributed by atoms with Crippen molar-refractivity contribution in [1.29, 1.82) is 0 Å². The second-order valence-corrected chi connectivity index (χ2v) is 9.41. The average molecular weight is 484 g/mol. The van der Waals surface area contributed by atoms with Gasteiger partial charge in [-0.1, -0.05) is 68.4 Å². The minimum atomic E-state index is -0.692. The molecule has 0 saturated carbocycles.